The standard InChI is InChI=1S/C21H18N4O6S/c26-19(13-25-21(28)18-6-2-1-5-17(18)20(27)24-25)23-14-7-9-16(10-8-14)32(29,30)22-12-15-4-3-11-31-15/h1-11,22H,12-13H2,(H,23,26)(H,24,27). The Hall–Kier alpha value is -3.96. The van der Waals surface area contributed by atoms with Gasteiger partial charge in [-0.2, -0.15) is 0 Å². The number of rotatable bonds is 7. The predicted octanol–water partition coefficient (Wildman–Crippen LogP) is 1.40. The Kier molecular flexibility index (Phi) is 5.75. The molecule has 0 aliphatic carbocycles. The zero-order chi connectivity index (χ0) is 22.7. The topological polar surface area (TPSA) is 143 Å². The van der Waals surface area contributed by atoms with E-state index in [1.54, 1.807) is 24.3 Å². The Morgan fingerprint density at radius 3 is 2.38 bits per heavy atom. The third kappa shape index (κ3) is 4.53. The number of H-pyrrole nitrogens is 1. The lowest BCUT2D eigenvalue weighted by molar-refractivity contribution is -0.117. The third-order valence-corrected chi connectivity index (χ3v) is 6.07. The number of nitrogens with zero attached hydrogens (tertiary/aromatic N) is 1. The van der Waals surface area contributed by atoms with E-state index in [1.165, 1.54) is 42.7 Å². The number of carbonyl (C=O) groups is 1. The number of aromatic nitrogens is 2. The molecule has 0 unspecified atom stereocenters. The first-order chi connectivity index (χ1) is 15.3. The van der Waals surface area contributed by atoms with Crippen molar-refractivity contribution in [2.45, 2.75) is 18.0 Å². The summed E-state index contributed by atoms with van der Waals surface area (Å²) >= 11 is 0. The molecule has 0 saturated heterocycles. The Balaban J connectivity index is 1.44. The van der Waals surface area contributed by atoms with E-state index in [4.69, 9.17) is 4.42 Å². The largest absolute Gasteiger partial charge is 0.468 e. The molecule has 2 aromatic heterocycles. The van der Waals surface area contributed by atoms with E-state index in [1.807, 2.05) is 0 Å². The molecule has 0 saturated carbocycles. The van der Waals surface area contributed by atoms with Gasteiger partial charge in [0, 0.05) is 5.69 Å². The summed E-state index contributed by atoms with van der Waals surface area (Å²) in [5, 5.41) is 5.40. The van der Waals surface area contributed by atoms with E-state index in [0.717, 1.165) is 4.68 Å². The first kappa shape index (κ1) is 21.3. The average Bonchev–Trinajstić information content (AvgIpc) is 3.30. The number of aromatic amines is 1. The molecule has 32 heavy (non-hydrogen) atoms. The van der Waals surface area contributed by atoms with Gasteiger partial charge in [-0.1, -0.05) is 12.1 Å². The van der Waals surface area contributed by atoms with Crippen LogP contribution >= 0.6 is 0 Å². The van der Waals surface area contributed by atoms with Gasteiger partial charge >= 0.3 is 0 Å². The molecule has 11 heteroatoms. The summed E-state index contributed by atoms with van der Waals surface area (Å²) in [5.74, 6) is -0.0935. The van der Waals surface area contributed by atoms with Crippen molar-refractivity contribution in [2.24, 2.45) is 0 Å². The van der Waals surface area contributed by atoms with E-state index in [2.05, 4.69) is 15.1 Å². The van der Waals surface area contributed by atoms with Crippen molar-refractivity contribution in [3.05, 3.63) is 93.4 Å². The molecular weight excluding hydrogens is 436 g/mol. The quantitative estimate of drug-likeness (QED) is 0.385. The summed E-state index contributed by atoms with van der Waals surface area (Å²) in [7, 11) is -3.77. The fourth-order valence-electron chi connectivity index (χ4n) is 3.08. The Bertz CT molecular complexity index is 1490. The zero-order valence-corrected chi connectivity index (χ0v) is 17.4. The molecule has 0 radical (unpaired) electrons. The van der Waals surface area contributed by atoms with Gasteiger partial charge in [-0.25, -0.2) is 17.8 Å². The van der Waals surface area contributed by atoms with Crippen LogP contribution in [0.15, 0.2) is 85.8 Å². The van der Waals surface area contributed by atoms with Gasteiger partial charge in [0.05, 0.1) is 28.5 Å². The number of hydrogen-bond acceptors (Lipinski definition) is 6. The predicted molar refractivity (Wildman–Crippen MR) is 117 cm³/mol. The molecule has 2 heterocycles. The first-order valence-electron chi connectivity index (χ1n) is 9.47. The van der Waals surface area contributed by atoms with Crippen LogP contribution < -0.4 is 21.2 Å². The number of anilines is 1. The smallest absolute Gasteiger partial charge is 0.273 e. The van der Waals surface area contributed by atoms with E-state index in [9.17, 15) is 22.8 Å². The highest BCUT2D eigenvalue weighted by atomic mass is 32.2. The highest BCUT2D eigenvalue weighted by Crippen LogP contribution is 2.15. The zero-order valence-electron chi connectivity index (χ0n) is 16.6. The van der Waals surface area contributed by atoms with Crippen LogP contribution in [-0.2, 0) is 27.9 Å². The maximum absolute atomic E-state index is 12.5. The van der Waals surface area contributed by atoms with Crippen LogP contribution in [0.5, 0.6) is 0 Å². The summed E-state index contributed by atoms with van der Waals surface area (Å²) in [6.45, 7) is -0.407. The molecule has 1 amide bonds. The maximum atomic E-state index is 12.5. The van der Waals surface area contributed by atoms with Crippen molar-refractivity contribution in [1.29, 1.82) is 0 Å². The summed E-state index contributed by atoms with van der Waals surface area (Å²) in [4.78, 5) is 37.0. The highest BCUT2D eigenvalue weighted by Gasteiger charge is 2.15. The van der Waals surface area contributed by atoms with Crippen LogP contribution in [0.2, 0.25) is 0 Å². The van der Waals surface area contributed by atoms with Gasteiger partial charge in [0.1, 0.15) is 12.3 Å². The van der Waals surface area contributed by atoms with Crippen molar-refractivity contribution in [3.8, 4) is 0 Å². The fraction of sp³-hybridized carbons (Fsp3) is 0.0952. The average molecular weight is 454 g/mol. The van der Waals surface area contributed by atoms with Crippen LogP contribution in [0.3, 0.4) is 0 Å². The molecule has 2 aromatic carbocycles. The van der Waals surface area contributed by atoms with Crippen LogP contribution in [0.4, 0.5) is 5.69 Å². The molecule has 0 spiro atoms. The number of carbonyl (C=O) groups excluding carboxylic acids is 1. The Labute approximate surface area is 181 Å². The van der Waals surface area contributed by atoms with Crippen LogP contribution in [0.25, 0.3) is 10.8 Å². The second-order valence-electron chi connectivity index (χ2n) is 6.85. The Morgan fingerprint density at radius 2 is 1.69 bits per heavy atom. The second kappa shape index (κ2) is 8.65. The number of furan rings is 1. The molecule has 0 atom stereocenters. The highest BCUT2D eigenvalue weighted by molar-refractivity contribution is 7.89. The molecule has 4 rings (SSSR count). The van der Waals surface area contributed by atoms with Gasteiger partial charge in [0.2, 0.25) is 15.9 Å². The van der Waals surface area contributed by atoms with Gasteiger partial charge in [0.15, 0.2) is 0 Å². The van der Waals surface area contributed by atoms with Crippen molar-refractivity contribution >= 4 is 32.4 Å². The number of nitrogens with one attached hydrogen (secondary N) is 3. The van der Waals surface area contributed by atoms with Gasteiger partial charge < -0.3 is 9.73 Å². The molecule has 0 aliphatic heterocycles. The summed E-state index contributed by atoms with van der Waals surface area (Å²) in [6.07, 6.45) is 1.45. The fourth-order valence-corrected chi connectivity index (χ4v) is 4.08. The number of hydrogen-bond donors (Lipinski definition) is 3. The van der Waals surface area contributed by atoms with E-state index >= 15 is 0 Å². The number of benzene rings is 2. The second-order valence-corrected chi connectivity index (χ2v) is 8.62. The van der Waals surface area contributed by atoms with Crippen molar-refractivity contribution in [2.75, 3.05) is 5.32 Å². The summed E-state index contributed by atoms with van der Waals surface area (Å²) < 4.78 is 33.2. The molecule has 164 valence electrons. The molecule has 10 nitrogen and oxygen atoms in total. The lowest BCUT2D eigenvalue weighted by atomic mass is 10.2. The van der Waals surface area contributed by atoms with E-state index in [-0.39, 0.29) is 22.2 Å². The van der Waals surface area contributed by atoms with Crippen LogP contribution in [0.1, 0.15) is 5.76 Å². The van der Waals surface area contributed by atoms with E-state index < -0.39 is 33.6 Å². The van der Waals surface area contributed by atoms with Gasteiger partial charge in [-0.15, -0.1) is 0 Å². The lowest BCUT2D eigenvalue weighted by Gasteiger charge is -2.09. The van der Waals surface area contributed by atoms with Gasteiger partial charge in [-0.05, 0) is 48.5 Å². The minimum Gasteiger partial charge on any atom is -0.468 e. The van der Waals surface area contributed by atoms with Crippen molar-refractivity contribution in [3.63, 3.8) is 0 Å². The minimum atomic E-state index is -3.77. The molecule has 0 bridgehead atoms. The van der Waals surface area contributed by atoms with Crippen LogP contribution in [0, 0.1) is 0 Å². The monoisotopic (exact) mass is 454 g/mol. The third-order valence-electron chi connectivity index (χ3n) is 4.65. The lowest BCUT2D eigenvalue weighted by Crippen LogP contribution is -2.34. The molecule has 4 aromatic rings. The normalized spacial score (nSPS) is 11.5. The molecule has 0 aliphatic rings. The first-order valence-corrected chi connectivity index (χ1v) is 11.0. The Morgan fingerprint density at radius 1 is 0.969 bits per heavy atom. The maximum Gasteiger partial charge on any atom is 0.273 e. The molecular formula is C21H18N4O6S. The number of fused-ring (bicyclic) bond motifs is 1. The van der Waals surface area contributed by atoms with E-state index in [0.29, 0.717) is 11.4 Å². The van der Waals surface area contributed by atoms with Crippen molar-refractivity contribution in [1.82, 2.24) is 14.5 Å². The minimum absolute atomic E-state index is 0.00648. The van der Waals surface area contributed by atoms with Crippen molar-refractivity contribution < 1.29 is 17.6 Å². The molecule has 3 N–H and O–H groups in total. The SMILES string of the molecule is O=C(Cn1[nH]c(=O)c2ccccc2c1=O)Nc1ccc(S(=O)(=O)NCc2ccco2)cc1. The van der Waals surface area contributed by atoms with Gasteiger partial charge in [-0.3, -0.25) is 19.5 Å². The summed E-state index contributed by atoms with van der Waals surface area (Å²) in [5.41, 5.74) is -0.653. The van der Waals surface area contributed by atoms with Gasteiger partial charge in [0.25, 0.3) is 11.1 Å². The summed E-state index contributed by atoms with van der Waals surface area (Å²) in [6, 6.07) is 15.1. The van der Waals surface area contributed by atoms with Crippen LogP contribution in [-0.4, -0.2) is 24.1 Å². The molecule has 0 fully saturated rings. The number of sulfonamides is 1. The number of amides is 1.